The number of hydrogen-bond donors (Lipinski definition) is 2. The molecule has 0 aliphatic rings. The predicted molar refractivity (Wildman–Crippen MR) is 498 cm³/mol. The van der Waals surface area contributed by atoms with E-state index in [1.165, 1.54) is 50.1 Å². The molecule has 12 heterocycles. The number of nitrogens with zero attached hydrogens (tertiary/aromatic N) is 17. The number of fused-ring (bicyclic) bond motifs is 4. The Kier molecular flexibility index (Phi) is 25.3. The van der Waals surface area contributed by atoms with E-state index in [4.69, 9.17) is 15.0 Å². The lowest BCUT2D eigenvalue weighted by Gasteiger charge is -2.11. The van der Waals surface area contributed by atoms with E-state index in [1.807, 2.05) is 146 Å². The number of nitrogens with one attached hydrogen (secondary N) is 2. The van der Waals surface area contributed by atoms with Crippen LogP contribution in [0.2, 0.25) is 0 Å². The van der Waals surface area contributed by atoms with Gasteiger partial charge in [-0.15, -0.1) is 0 Å². The van der Waals surface area contributed by atoms with Crippen molar-refractivity contribution in [2.75, 3.05) is 24.7 Å². The second kappa shape index (κ2) is 38.1. The average molecular weight is 1650 g/mol. The highest BCUT2D eigenvalue weighted by molar-refractivity contribution is 6.03. The maximum atomic E-state index is 12.8. The lowest BCUT2D eigenvalue weighted by atomic mass is 9.97. The molecule has 0 fully saturated rings. The summed E-state index contributed by atoms with van der Waals surface area (Å²) >= 11 is 0. The van der Waals surface area contributed by atoms with Crippen molar-refractivity contribution < 1.29 is 9.59 Å². The van der Waals surface area contributed by atoms with Gasteiger partial charge < -0.3 is 20.1 Å². The molecular formula is C104H97N19O2. The molecule has 2 amide bonds. The van der Waals surface area contributed by atoms with Crippen molar-refractivity contribution in [1.82, 2.24) is 81.9 Å². The monoisotopic (exact) mass is 1640 g/mol. The van der Waals surface area contributed by atoms with Crippen molar-refractivity contribution in [3.8, 4) is 67.5 Å². The first-order chi connectivity index (χ1) is 60.9. The minimum absolute atomic E-state index is 0.0776. The van der Waals surface area contributed by atoms with Crippen LogP contribution in [0.3, 0.4) is 0 Å². The smallest absolute Gasteiger partial charge is 0.274 e. The number of aryl methyl sites for hydroxylation is 14. The lowest BCUT2D eigenvalue weighted by Crippen LogP contribution is -2.23. The van der Waals surface area contributed by atoms with Crippen LogP contribution < -0.4 is 10.6 Å². The second-order valence-electron chi connectivity index (χ2n) is 31.6. The van der Waals surface area contributed by atoms with E-state index in [0.29, 0.717) is 30.0 Å². The van der Waals surface area contributed by atoms with Gasteiger partial charge in [-0.1, -0.05) is 193 Å². The first kappa shape index (κ1) is 83.2. The Balaban J connectivity index is 0.000000123. The molecule has 0 aliphatic heterocycles. The molecule has 21 nitrogen and oxygen atoms in total. The van der Waals surface area contributed by atoms with E-state index in [2.05, 4.69) is 252 Å². The summed E-state index contributed by atoms with van der Waals surface area (Å²) in [6, 6.07) is 72.8. The Morgan fingerprint density at radius 1 is 0.336 bits per heavy atom. The lowest BCUT2D eigenvalue weighted by molar-refractivity contribution is 0.0820. The Morgan fingerprint density at radius 2 is 0.760 bits per heavy atom. The molecule has 0 bridgehead atoms. The minimum Gasteiger partial charge on any atom is -0.363 e. The molecule has 19 aromatic rings. The van der Waals surface area contributed by atoms with Crippen LogP contribution in [0.15, 0.2) is 311 Å². The first-order valence-corrected chi connectivity index (χ1v) is 41.9. The molecule has 0 radical (unpaired) electrons. The van der Waals surface area contributed by atoms with Crippen LogP contribution in [-0.4, -0.2) is 108 Å². The van der Waals surface area contributed by atoms with Crippen LogP contribution >= 0.6 is 0 Å². The minimum atomic E-state index is -0.206. The number of imidazole rings is 4. The average Bonchev–Trinajstić information content (AvgIpc) is 1.51. The van der Waals surface area contributed by atoms with Crippen molar-refractivity contribution >= 4 is 45.9 Å². The fourth-order valence-electron chi connectivity index (χ4n) is 15.8. The molecule has 125 heavy (non-hydrogen) atoms. The summed E-state index contributed by atoms with van der Waals surface area (Å²) in [6.07, 6.45) is 34.3. The molecule has 2 N–H and O–H groups in total. The number of amides is 2. The van der Waals surface area contributed by atoms with Crippen LogP contribution in [0.4, 0.5) is 11.5 Å². The zero-order valence-electron chi connectivity index (χ0n) is 71.8. The van der Waals surface area contributed by atoms with Crippen molar-refractivity contribution in [2.24, 2.45) is 7.05 Å². The van der Waals surface area contributed by atoms with E-state index < -0.39 is 0 Å². The fourth-order valence-corrected chi connectivity index (χ4v) is 15.8. The largest absolute Gasteiger partial charge is 0.363 e. The van der Waals surface area contributed by atoms with Crippen molar-refractivity contribution in [1.29, 1.82) is 0 Å². The second-order valence-corrected chi connectivity index (χ2v) is 31.6. The molecule has 620 valence electrons. The number of benzene rings is 7. The highest BCUT2D eigenvalue weighted by atomic mass is 16.2. The van der Waals surface area contributed by atoms with Crippen LogP contribution in [0.5, 0.6) is 0 Å². The Bertz CT molecular complexity index is 7040. The quantitative estimate of drug-likeness (QED) is 0.0682. The van der Waals surface area contributed by atoms with Gasteiger partial charge in [0.2, 0.25) is 0 Å². The summed E-state index contributed by atoms with van der Waals surface area (Å²) in [6.45, 7) is 15.5. The van der Waals surface area contributed by atoms with Gasteiger partial charge in [0, 0.05) is 130 Å². The molecular weight excluding hydrogens is 1550 g/mol. The van der Waals surface area contributed by atoms with Crippen molar-refractivity contribution in [3.05, 3.63) is 401 Å². The van der Waals surface area contributed by atoms with Gasteiger partial charge in [-0.2, -0.15) is 0 Å². The van der Waals surface area contributed by atoms with E-state index in [-0.39, 0.29) is 11.8 Å². The van der Waals surface area contributed by atoms with Gasteiger partial charge in [-0.3, -0.25) is 57.1 Å². The molecule has 0 saturated carbocycles. The number of hydrogen-bond acceptors (Lipinski definition) is 14. The molecule has 7 aromatic carbocycles. The van der Waals surface area contributed by atoms with Crippen molar-refractivity contribution in [2.45, 2.75) is 93.5 Å². The zero-order valence-corrected chi connectivity index (χ0v) is 71.8. The molecule has 0 aliphatic carbocycles. The number of rotatable bonds is 21. The van der Waals surface area contributed by atoms with Gasteiger partial charge in [0.25, 0.3) is 11.8 Å². The van der Waals surface area contributed by atoms with E-state index in [1.54, 1.807) is 60.6 Å². The van der Waals surface area contributed by atoms with Gasteiger partial charge in [-0.25, -0.2) is 24.9 Å². The third-order valence-electron chi connectivity index (χ3n) is 22.2. The topological polar surface area (TPSA) is 226 Å². The first-order valence-electron chi connectivity index (χ1n) is 41.9. The van der Waals surface area contributed by atoms with E-state index >= 15 is 0 Å². The van der Waals surface area contributed by atoms with Gasteiger partial charge >= 0.3 is 0 Å². The van der Waals surface area contributed by atoms with E-state index in [9.17, 15) is 9.59 Å². The Hall–Kier alpha value is -15.5. The summed E-state index contributed by atoms with van der Waals surface area (Å²) in [4.78, 5) is 77.3. The Morgan fingerprint density at radius 3 is 1.25 bits per heavy atom. The van der Waals surface area contributed by atoms with Gasteiger partial charge in [0.15, 0.2) is 28.4 Å². The maximum Gasteiger partial charge on any atom is 0.274 e. The number of pyridine rings is 3. The van der Waals surface area contributed by atoms with Crippen LogP contribution in [-0.2, 0) is 52.1 Å². The number of aromatic nitrogens is 16. The van der Waals surface area contributed by atoms with Crippen LogP contribution in [0.1, 0.15) is 99.3 Å². The fraction of sp³-hybridized carbons (Fsp3) is 0.163. The van der Waals surface area contributed by atoms with Gasteiger partial charge in [0.1, 0.15) is 11.4 Å². The summed E-state index contributed by atoms with van der Waals surface area (Å²) in [5.41, 5.74) is 34.3. The summed E-state index contributed by atoms with van der Waals surface area (Å²) in [5.74, 6) is 0.499. The molecule has 21 heteroatoms. The van der Waals surface area contributed by atoms with Crippen LogP contribution in [0.25, 0.3) is 90.1 Å². The zero-order chi connectivity index (χ0) is 86.5. The maximum absolute atomic E-state index is 12.8. The highest BCUT2D eigenvalue weighted by Gasteiger charge is 2.21. The molecule has 0 saturated heterocycles. The van der Waals surface area contributed by atoms with Crippen molar-refractivity contribution in [3.63, 3.8) is 0 Å². The van der Waals surface area contributed by atoms with E-state index in [0.717, 1.165) is 156 Å². The molecule has 0 atom stereocenters. The summed E-state index contributed by atoms with van der Waals surface area (Å²) in [7, 11) is 5.52. The number of carbonyl (C=O) groups excluding carboxylic acids is 2. The number of para-hydroxylation sites is 1. The standard InChI is InChI=1S/C28H25N5O.C27H24N4.C25H23N5.C24H25N5O/c1-19-7-6-8-22(15-19)26-20(2)16-21(17-30-26)11-12-24-27-31-18-25(33(27)14-13-29-24)28(34)32-23-9-4-3-5-10-23;1-19-7-6-10-23(15-19)24-12-11-21(16-20(24)2)17-29-26-27-30-18-25(31(27)14-13-28-26)22-8-4-3-5-9-22;1-18-15-19(16-27-24(18)22-9-6-13-29(22)2)10-11-21-25-28-17-23(30(25)14-12-26-21)20-7-4-3-5-8-20;1-16-6-5-7-19(12-16)22-17(2)13-18(14-26-22)8-9-20-23-27-15-21(24(30)28(3)4)29(23)11-10-25-20/h3-10,13-18H,11-12H2,1-2H3,(H,32,34);3-16,18H,17H2,1-2H3,(H,28,29);3-9,12-17H,10-11H2,1-2H3;5-7,10-15H,8-9H2,1-4H3. The normalized spacial score (nSPS) is 11.1. The summed E-state index contributed by atoms with van der Waals surface area (Å²) < 4.78 is 9.92. The van der Waals surface area contributed by atoms with Gasteiger partial charge in [0.05, 0.1) is 76.0 Å². The highest BCUT2D eigenvalue weighted by Crippen LogP contribution is 2.32. The number of carbonyl (C=O) groups is 2. The third kappa shape index (κ3) is 19.3. The van der Waals surface area contributed by atoms with Gasteiger partial charge in [-0.05, 0) is 179 Å². The molecule has 19 rings (SSSR count). The molecule has 0 spiro atoms. The Labute approximate surface area is 727 Å². The van der Waals surface area contributed by atoms with Crippen LogP contribution in [0, 0.1) is 48.5 Å². The third-order valence-corrected chi connectivity index (χ3v) is 22.2. The SMILES string of the molecule is Cc1cc(CCc2nccn3c(-c4ccccc4)cnc23)cnc1-c1cccn1C.Cc1cccc(-c2ccc(CNc3nccn4c(-c5ccccc5)cnc34)cc2C)c1.Cc1cccc(-c2ncc(CCc3nccn4c(C(=O)N(C)C)cnc34)cc2C)c1.Cc1cccc(-c2ncc(CCc3nccn4c(C(=O)Nc5ccccc5)cnc34)cc2C)c1. The number of anilines is 2. The summed E-state index contributed by atoms with van der Waals surface area (Å²) in [5, 5.41) is 6.38. The predicted octanol–water partition coefficient (Wildman–Crippen LogP) is 20.5. The molecule has 12 aromatic heterocycles. The molecule has 0 unspecified atom stereocenters.